The van der Waals surface area contributed by atoms with Gasteiger partial charge in [0.15, 0.2) is 5.82 Å². The van der Waals surface area contributed by atoms with E-state index in [0.29, 0.717) is 4.31 Å². The van der Waals surface area contributed by atoms with Gasteiger partial charge in [0, 0.05) is 23.6 Å². The number of halogens is 5. The van der Waals surface area contributed by atoms with Crippen molar-refractivity contribution >= 4 is 44.9 Å². The van der Waals surface area contributed by atoms with E-state index in [2.05, 4.69) is 4.74 Å². The third-order valence-corrected chi connectivity index (χ3v) is 8.13. The summed E-state index contributed by atoms with van der Waals surface area (Å²) in [5.74, 6) is -3.42. The Morgan fingerprint density at radius 1 is 1.20 bits per heavy atom. The molecule has 0 fully saturated rings. The summed E-state index contributed by atoms with van der Waals surface area (Å²) in [5, 5.41) is 9.17. The number of alkyl halides is 2. The molecule has 3 aromatic carbocycles. The molecule has 3 aromatic rings. The van der Waals surface area contributed by atoms with Crippen LogP contribution in [-0.4, -0.2) is 38.8 Å². The molecule has 0 amide bonds. The van der Waals surface area contributed by atoms with Crippen LogP contribution in [0, 0.1) is 11.6 Å². The highest BCUT2D eigenvalue weighted by atomic mass is 35.5. The van der Waals surface area contributed by atoms with E-state index in [0.717, 1.165) is 18.2 Å². The third kappa shape index (κ3) is 6.18. The predicted octanol–water partition coefficient (Wildman–Crippen LogP) is 6.60. The van der Waals surface area contributed by atoms with Crippen LogP contribution in [0.1, 0.15) is 30.9 Å². The van der Waals surface area contributed by atoms with Gasteiger partial charge in [-0.05, 0) is 61.4 Å². The molecule has 1 aliphatic rings. The molecule has 1 heterocycles. The number of allylic oxidation sites excluding steroid dienone is 1. The van der Waals surface area contributed by atoms with Gasteiger partial charge in [-0.2, -0.15) is 8.78 Å². The highest BCUT2D eigenvalue weighted by Gasteiger charge is 2.37. The zero-order valence-corrected chi connectivity index (χ0v) is 22.4. The fourth-order valence-electron chi connectivity index (χ4n) is 4.27. The molecule has 0 saturated carbocycles. The Bertz CT molecular complexity index is 1560. The Kier molecular flexibility index (Phi) is 8.59. The molecule has 40 heavy (non-hydrogen) atoms. The Morgan fingerprint density at radius 3 is 2.60 bits per heavy atom. The molecule has 1 N–H and O–H groups in total. The molecular weight excluding hydrogens is 578 g/mol. The number of sulfonamides is 1. The summed E-state index contributed by atoms with van der Waals surface area (Å²) in [6, 6.07) is 11.0. The van der Waals surface area contributed by atoms with Crippen LogP contribution in [0.25, 0.3) is 11.6 Å². The molecule has 1 aliphatic heterocycles. The van der Waals surface area contributed by atoms with Crippen LogP contribution in [-0.2, 0) is 14.8 Å². The average molecular weight is 600 g/mol. The lowest BCUT2D eigenvalue weighted by Gasteiger charge is -2.36. The summed E-state index contributed by atoms with van der Waals surface area (Å²) in [6.45, 7) is -2.17. The standard InChI is InChI=1S/C27H22ClF4NO6S/c1-15(24-20(28)6-3-7-21(24)29)12-16-8-10-22-26(25(16)30)33(14-18(38-22)9-11-23(34)35)40(36,37)19-5-2-4-17(13-19)39-27(31)32/h2-8,10,12-13,18,27H,9,11,14H2,1H3,(H,34,35)/b15-12+. The summed E-state index contributed by atoms with van der Waals surface area (Å²) in [5.41, 5.74) is -0.304. The molecule has 212 valence electrons. The maximum Gasteiger partial charge on any atom is 0.387 e. The number of carboxylic acids is 1. The molecule has 0 aromatic heterocycles. The number of fused-ring (bicyclic) bond motifs is 1. The number of carboxylic acid groups (broad SMARTS) is 1. The summed E-state index contributed by atoms with van der Waals surface area (Å²) in [4.78, 5) is 10.6. The number of rotatable bonds is 9. The largest absolute Gasteiger partial charge is 0.486 e. The first-order valence-electron chi connectivity index (χ1n) is 11.8. The molecule has 1 unspecified atom stereocenters. The fraction of sp³-hybridized carbons (Fsp3) is 0.222. The van der Waals surface area contributed by atoms with Gasteiger partial charge in [-0.15, -0.1) is 0 Å². The van der Waals surface area contributed by atoms with Gasteiger partial charge < -0.3 is 14.6 Å². The molecule has 0 aliphatic carbocycles. The number of ether oxygens (including phenoxy) is 2. The van der Waals surface area contributed by atoms with Crippen LogP contribution < -0.4 is 13.8 Å². The Hall–Kier alpha value is -3.77. The minimum absolute atomic E-state index is 0.0339. The molecular formula is C27H22ClF4NO6S. The Labute approximate surface area is 232 Å². The SMILES string of the molecule is C/C(=C\c1ccc2c(c1F)N(S(=O)(=O)c1cccc(OC(F)F)c1)CC(CCC(=O)O)O2)c1c(F)cccc1Cl. The van der Waals surface area contributed by atoms with Crippen LogP contribution >= 0.6 is 11.6 Å². The van der Waals surface area contributed by atoms with Crippen LogP contribution in [0.5, 0.6) is 11.5 Å². The van der Waals surface area contributed by atoms with Gasteiger partial charge in [-0.1, -0.05) is 23.7 Å². The fourth-order valence-corrected chi connectivity index (χ4v) is 6.12. The molecule has 0 radical (unpaired) electrons. The number of hydrogen-bond donors (Lipinski definition) is 1. The number of anilines is 1. The second kappa shape index (κ2) is 11.8. The summed E-state index contributed by atoms with van der Waals surface area (Å²) < 4.78 is 94.2. The van der Waals surface area contributed by atoms with Gasteiger partial charge in [-0.25, -0.2) is 17.2 Å². The lowest BCUT2D eigenvalue weighted by molar-refractivity contribution is -0.137. The maximum absolute atomic E-state index is 16.0. The Balaban J connectivity index is 1.83. The quantitative estimate of drug-likeness (QED) is 0.220. The first-order valence-corrected chi connectivity index (χ1v) is 13.6. The van der Waals surface area contributed by atoms with E-state index in [1.165, 1.54) is 49.4 Å². The predicted molar refractivity (Wildman–Crippen MR) is 140 cm³/mol. The van der Waals surface area contributed by atoms with Crippen molar-refractivity contribution in [3.8, 4) is 11.5 Å². The van der Waals surface area contributed by atoms with E-state index in [-0.39, 0.29) is 40.3 Å². The molecule has 7 nitrogen and oxygen atoms in total. The minimum atomic E-state index is -4.60. The zero-order chi connectivity index (χ0) is 29.2. The molecule has 13 heteroatoms. The third-order valence-electron chi connectivity index (χ3n) is 6.05. The summed E-state index contributed by atoms with van der Waals surface area (Å²) in [6.07, 6.45) is -0.113. The van der Waals surface area contributed by atoms with E-state index in [4.69, 9.17) is 21.4 Å². The summed E-state index contributed by atoms with van der Waals surface area (Å²) >= 11 is 6.13. The van der Waals surface area contributed by atoms with Crippen LogP contribution in [0.3, 0.4) is 0 Å². The van der Waals surface area contributed by atoms with Crippen molar-refractivity contribution in [2.45, 2.75) is 37.4 Å². The van der Waals surface area contributed by atoms with Crippen LogP contribution in [0.2, 0.25) is 5.02 Å². The smallest absolute Gasteiger partial charge is 0.387 e. The highest BCUT2D eigenvalue weighted by molar-refractivity contribution is 7.92. The van der Waals surface area contributed by atoms with Crippen molar-refractivity contribution in [1.82, 2.24) is 0 Å². The van der Waals surface area contributed by atoms with Gasteiger partial charge in [-0.3, -0.25) is 9.10 Å². The number of nitrogens with zero attached hydrogens (tertiary/aromatic N) is 1. The first kappa shape index (κ1) is 29.2. The lowest BCUT2D eigenvalue weighted by Crippen LogP contribution is -2.44. The first-order chi connectivity index (χ1) is 18.9. The van der Waals surface area contributed by atoms with Gasteiger partial charge >= 0.3 is 12.6 Å². The molecule has 0 bridgehead atoms. The zero-order valence-electron chi connectivity index (χ0n) is 20.8. The molecule has 4 rings (SSSR count). The van der Waals surface area contributed by atoms with Gasteiger partial charge in [0.05, 0.1) is 16.5 Å². The van der Waals surface area contributed by atoms with Gasteiger partial charge in [0.25, 0.3) is 10.0 Å². The van der Waals surface area contributed by atoms with Crippen molar-refractivity contribution in [3.63, 3.8) is 0 Å². The number of carbonyl (C=O) groups is 1. The second-order valence-electron chi connectivity index (χ2n) is 8.80. The van der Waals surface area contributed by atoms with Crippen molar-refractivity contribution in [1.29, 1.82) is 0 Å². The molecule has 0 spiro atoms. The van der Waals surface area contributed by atoms with Crippen LogP contribution in [0.15, 0.2) is 59.5 Å². The van der Waals surface area contributed by atoms with Crippen molar-refractivity contribution in [2.75, 3.05) is 10.8 Å². The summed E-state index contributed by atoms with van der Waals surface area (Å²) in [7, 11) is -4.60. The van der Waals surface area contributed by atoms with Crippen molar-refractivity contribution in [2.24, 2.45) is 0 Å². The maximum atomic E-state index is 16.0. The second-order valence-corrected chi connectivity index (χ2v) is 11.1. The highest BCUT2D eigenvalue weighted by Crippen LogP contribution is 2.42. The van der Waals surface area contributed by atoms with Crippen molar-refractivity contribution in [3.05, 3.63) is 82.4 Å². The van der Waals surface area contributed by atoms with Crippen LogP contribution in [0.4, 0.5) is 23.2 Å². The average Bonchev–Trinajstić information content (AvgIpc) is 2.88. The Morgan fingerprint density at radius 2 is 1.93 bits per heavy atom. The van der Waals surface area contributed by atoms with E-state index in [1.54, 1.807) is 0 Å². The number of benzene rings is 3. The minimum Gasteiger partial charge on any atom is -0.486 e. The normalized spacial score (nSPS) is 15.5. The van der Waals surface area contributed by atoms with E-state index in [1.807, 2.05) is 0 Å². The topological polar surface area (TPSA) is 93.1 Å². The van der Waals surface area contributed by atoms with E-state index < -0.39 is 63.2 Å². The molecule has 1 atom stereocenters. The van der Waals surface area contributed by atoms with Gasteiger partial charge in [0.2, 0.25) is 0 Å². The lowest BCUT2D eigenvalue weighted by atomic mass is 10.0. The van der Waals surface area contributed by atoms with Gasteiger partial charge in [0.1, 0.15) is 29.1 Å². The number of hydrogen-bond acceptors (Lipinski definition) is 5. The number of aliphatic carboxylic acids is 1. The van der Waals surface area contributed by atoms with E-state index >= 15 is 4.39 Å². The van der Waals surface area contributed by atoms with E-state index in [9.17, 15) is 26.4 Å². The molecule has 0 saturated heterocycles. The van der Waals surface area contributed by atoms with Crippen molar-refractivity contribution < 1.29 is 45.4 Å². The monoisotopic (exact) mass is 599 g/mol.